The van der Waals surface area contributed by atoms with E-state index in [4.69, 9.17) is 5.73 Å². The molecule has 0 aromatic heterocycles. The molecule has 1 aromatic carbocycles. The molecule has 0 fully saturated rings. The Morgan fingerprint density at radius 1 is 1.39 bits per heavy atom. The molecule has 98 valence electrons. The van der Waals surface area contributed by atoms with Crippen molar-refractivity contribution in [1.29, 1.82) is 0 Å². The molecule has 0 heterocycles. The van der Waals surface area contributed by atoms with Gasteiger partial charge in [-0.3, -0.25) is 9.59 Å². The maximum atomic E-state index is 11.5. The normalized spacial score (nSPS) is 11.9. The monoisotopic (exact) mass is 249 g/mol. The van der Waals surface area contributed by atoms with E-state index < -0.39 is 5.91 Å². The van der Waals surface area contributed by atoms with Crippen LogP contribution in [0.25, 0.3) is 0 Å². The van der Waals surface area contributed by atoms with Crippen LogP contribution < -0.4 is 16.4 Å². The fourth-order valence-corrected chi connectivity index (χ4v) is 1.53. The first-order valence-corrected chi connectivity index (χ1v) is 5.94. The van der Waals surface area contributed by atoms with E-state index in [1.807, 2.05) is 13.0 Å². The molecule has 0 aliphatic heterocycles. The van der Waals surface area contributed by atoms with E-state index in [-0.39, 0.29) is 11.9 Å². The summed E-state index contributed by atoms with van der Waals surface area (Å²) in [5, 5.41) is 5.82. The largest absolute Gasteiger partial charge is 0.366 e. The van der Waals surface area contributed by atoms with Crippen molar-refractivity contribution in [3.63, 3.8) is 0 Å². The third-order valence-electron chi connectivity index (χ3n) is 2.57. The van der Waals surface area contributed by atoms with Crippen LogP contribution in [0.2, 0.25) is 0 Å². The van der Waals surface area contributed by atoms with Gasteiger partial charge in [-0.2, -0.15) is 0 Å². The van der Waals surface area contributed by atoms with E-state index in [1.165, 1.54) is 0 Å². The van der Waals surface area contributed by atoms with E-state index in [0.29, 0.717) is 18.7 Å². The molecule has 1 rings (SSSR count). The summed E-state index contributed by atoms with van der Waals surface area (Å²) in [7, 11) is 0. The van der Waals surface area contributed by atoms with E-state index in [1.54, 1.807) is 25.1 Å². The standard InChI is InChI=1S/C13H19N3O2/c1-3-15-13(18)9(2)16-8-10-5-4-6-11(7-10)12(14)17/h4-7,9,16H,3,8H2,1-2H3,(H2,14,17)(H,15,18). The lowest BCUT2D eigenvalue weighted by atomic mass is 10.1. The van der Waals surface area contributed by atoms with Gasteiger partial charge in [0.1, 0.15) is 0 Å². The number of hydrogen-bond acceptors (Lipinski definition) is 3. The maximum Gasteiger partial charge on any atom is 0.248 e. The SMILES string of the molecule is CCNC(=O)C(C)NCc1cccc(C(N)=O)c1. The van der Waals surface area contributed by atoms with Crippen LogP contribution in [0, 0.1) is 0 Å². The van der Waals surface area contributed by atoms with Crippen molar-refractivity contribution in [1.82, 2.24) is 10.6 Å². The fraction of sp³-hybridized carbons (Fsp3) is 0.385. The molecule has 2 amide bonds. The predicted molar refractivity (Wildman–Crippen MR) is 69.9 cm³/mol. The number of hydrogen-bond donors (Lipinski definition) is 3. The Balaban J connectivity index is 2.55. The molecule has 0 saturated carbocycles. The fourth-order valence-electron chi connectivity index (χ4n) is 1.53. The van der Waals surface area contributed by atoms with Crippen LogP contribution in [-0.2, 0) is 11.3 Å². The molecule has 0 aliphatic carbocycles. The maximum absolute atomic E-state index is 11.5. The van der Waals surface area contributed by atoms with Crippen molar-refractivity contribution in [2.24, 2.45) is 5.73 Å². The molecule has 0 bridgehead atoms. The molecule has 1 unspecified atom stereocenters. The number of nitrogens with one attached hydrogen (secondary N) is 2. The highest BCUT2D eigenvalue weighted by Crippen LogP contribution is 2.04. The van der Waals surface area contributed by atoms with Crippen molar-refractivity contribution in [2.45, 2.75) is 26.4 Å². The average Bonchev–Trinajstić information content (AvgIpc) is 2.36. The predicted octanol–water partition coefficient (Wildman–Crippen LogP) is 0.400. The van der Waals surface area contributed by atoms with E-state index in [9.17, 15) is 9.59 Å². The average molecular weight is 249 g/mol. The molecule has 5 nitrogen and oxygen atoms in total. The zero-order valence-corrected chi connectivity index (χ0v) is 10.7. The van der Waals surface area contributed by atoms with Crippen LogP contribution in [0.5, 0.6) is 0 Å². The Bertz CT molecular complexity index is 432. The highest BCUT2D eigenvalue weighted by molar-refractivity contribution is 5.92. The Morgan fingerprint density at radius 2 is 2.11 bits per heavy atom. The molecule has 0 saturated heterocycles. The highest BCUT2D eigenvalue weighted by atomic mass is 16.2. The Kier molecular flexibility index (Phi) is 5.32. The molecule has 18 heavy (non-hydrogen) atoms. The quantitative estimate of drug-likeness (QED) is 0.682. The van der Waals surface area contributed by atoms with Crippen molar-refractivity contribution in [3.05, 3.63) is 35.4 Å². The lowest BCUT2D eigenvalue weighted by Gasteiger charge is -2.13. The Hall–Kier alpha value is -1.88. The number of nitrogens with two attached hydrogens (primary N) is 1. The van der Waals surface area contributed by atoms with Gasteiger partial charge in [-0.05, 0) is 31.5 Å². The lowest BCUT2D eigenvalue weighted by Crippen LogP contribution is -2.41. The number of benzene rings is 1. The summed E-state index contributed by atoms with van der Waals surface area (Å²) >= 11 is 0. The van der Waals surface area contributed by atoms with Gasteiger partial charge in [-0.1, -0.05) is 12.1 Å². The smallest absolute Gasteiger partial charge is 0.248 e. The first kappa shape index (κ1) is 14.2. The van der Waals surface area contributed by atoms with Crippen molar-refractivity contribution < 1.29 is 9.59 Å². The second-order valence-corrected chi connectivity index (χ2v) is 4.06. The molecular weight excluding hydrogens is 230 g/mol. The van der Waals surface area contributed by atoms with Crippen LogP contribution in [0.1, 0.15) is 29.8 Å². The van der Waals surface area contributed by atoms with Gasteiger partial charge in [0.2, 0.25) is 11.8 Å². The minimum absolute atomic E-state index is 0.0384. The number of rotatable bonds is 6. The molecule has 1 atom stereocenters. The van der Waals surface area contributed by atoms with Gasteiger partial charge in [-0.15, -0.1) is 0 Å². The summed E-state index contributed by atoms with van der Waals surface area (Å²) in [6.07, 6.45) is 0. The van der Waals surface area contributed by atoms with Crippen LogP contribution in [0.15, 0.2) is 24.3 Å². The summed E-state index contributed by atoms with van der Waals surface area (Å²) < 4.78 is 0. The second-order valence-electron chi connectivity index (χ2n) is 4.06. The van der Waals surface area contributed by atoms with E-state index in [2.05, 4.69) is 10.6 Å². The highest BCUT2D eigenvalue weighted by Gasteiger charge is 2.10. The van der Waals surface area contributed by atoms with Crippen LogP contribution in [-0.4, -0.2) is 24.4 Å². The zero-order valence-electron chi connectivity index (χ0n) is 10.7. The first-order chi connectivity index (χ1) is 8.54. The lowest BCUT2D eigenvalue weighted by molar-refractivity contribution is -0.122. The van der Waals surface area contributed by atoms with Crippen molar-refractivity contribution in [2.75, 3.05) is 6.54 Å². The third kappa shape index (κ3) is 4.18. The van der Waals surface area contributed by atoms with Gasteiger partial charge in [-0.25, -0.2) is 0 Å². The number of amides is 2. The van der Waals surface area contributed by atoms with Gasteiger partial charge in [0.15, 0.2) is 0 Å². The van der Waals surface area contributed by atoms with Gasteiger partial charge in [0.25, 0.3) is 0 Å². The van der Waals surface area contributed by atoms with Gasteiger partial charge in [0, 0.05) is 18.7 Å². The number of carbonyl (C=O) groups is 2. The zero-order chi connectivity index (χ0) is 13.5. The molecule has 5 heteroatoms. The number of primary amides is 1. The summed E-state index contributed by atoms with van der Waals surface area (Å²) in [6.45, 7) is 4.80. The second kappa shape index (κ2) is 6.76. The van der Waals surface area contributed by atoms with E-state index in [0.717, 1.165) is 5.56 Å². The number of carbonyl (C=O) groups excluding carboxylic acids is 2. The summed E-state index contributed by atoms with van der Waals surface area (Å²) in [6, 6.07) is 6.76. The number of likely N-dealkylation sites (N-methyl/N-ethyl adjacent to an activating group) is 1. The van der Waals surface area contributed by atoms with Crippen molar-refractivity contribution >= 4 is 11.8 Å². The first-order valence-electron chi connectivity index (χ1n) is 5.94. The topological polar surface area (TPSA) is 84.2 Å². The summed E-state index contributed by atoms with van der Waals surface area (Å²) in [5.74, 6) is -0.489. The van der Waals surface area contributed by atoms with Gasteiger partial charge >= 0.3 is 0 Å². The molecule has 1 aromatic rings. The molecule has 0 aliphatic rings. The minimum Gasteiger partial charge on any atom is -0.366 e. The minimum atomic E-state index is -0.450. The molecule has 4 N–H and O–H groups in total. The van der Waals surface area contributed by atoms with Crippen LogP contribution in [0.4, 0.5) is 0 Å². The molecule has 0 radical (unpaired) electrons. The van der Waals surface area contributed by atoms with Crippen molar-refractivity contribution in [3.8, 4) is 0 Å². The third-order valence-corrected chi connectivity index (χ3v) is 2.57. The van der Waals surface area contributed by atoms with Crippen LogP contribution in [0.3, 0.4) is 0 Å². The van der Waals surface area contributed by atoms with E-state index >= 15 is 0 Å². The van der Waals surface area contributed by atoms with Gasteiger partial charge in [0.05, 0.1) is 6.04 Å². The van der Waals surface area contributed by atoms with Crippen LogP contribution >= 0.6 is 0 Å². The summed E-state index contributed by atoms with van der Waals surface area (Å²) in [4.78, 5) is 22.5. The van der Waals surface area contributed by atoms with Gasteiger partial charge < -0.3 is 16.4 Å². The Labute approximate surface area is 107 Å². The molecule has 0 spiro atoms. The summed E-state index contributed by atoms with van der Waals surface area (Å²) in [5.41, 5.74) is 6.59. The molecular formula is C13H19N3O2. The Morgan fingerprint density at radius 3 is 2.72 bits per heavy atom.